The number of hydrogen-bond donors (Lipinski definition) is 1. The van der Waals surface area contributed by atoms with Gasteiger partial charge in [-0.2, -0.15) is 0 Å². The van der Waals surface area contributed by atoms with Gasteiger partial charge >= 0.3 is 5.97 Å². The molecule has 1 N–H and O–H groups in total. The fourth-order valence-corrected chi connectivity index (χ4v) is 2.60. The van der Waals surface area contributed by atoms with Gasteiger partial charge in [0.1, 0.15) is 0 Å². The predicted octanol–water partition coefficient (Wildman–Crippen LogP) is 1.89. The van der Waals surface area contributed by atoms with Crippen molar-refractivity contribution >= 4 is 17.6 Å². The molecule has 110 valence electrons. The van der Waals surface area contributed by atoms with Crippen molar-refractivity contribution in [2.24, 2.45) is 0 Å². The number of aromatic carboxylic acids is 1. The highest BCUT2D eigenvalue weighted by atomic mass is 35.5. The molecule has 5 nitrogen and oxygen atoms in total. The van der Waals surface area contributed by atoms with E-state index in [-0.39, 0.29) is 11.6 Å². The lowest BCUT2D eigenvalue weighted by molar-refractivity contribution is -0.0388. The first kappa shape index (κ1) is 15.3. The second-order valence-electron chi connectivity index (χ2n) is 4.73. The zero-order valence-corrected chi connectivity index (χ0v) is 12.1. The molecule has 1 fully saturated rings. The summed E-state index contributed by atoms with van der Waals surface area (Å²) in [6.07, 6.45) is 0. The van der Waals surface area contributed by atoms with Gasteiger partial charge in [0.15, 0.2) is 0 Å². The molecule has 0 bridgehead atoms. The van der Waals surface area contributed by atoms with Gasteiger partial charge < -0.3 is 14.6 Å². The lowest BCUT2D eigenvalue weighted by atomic mass is 10.1. The number of carboxylic acid groups (broad SMARTS) is 1. The van der Waals surface area contributed by atoms with E-state index in [0.717, 1.165) is 6.54 Å². The van der Waals surface area contributed by atoms with Gasteiger partial charge in [-0.25, -0.2) is 4.79 Å². The molecular formula is C14H18ClNO4. The summed E-state index contributed by atoms with van der Waals surface area (Å²) in [5.41, 5.74) is 0.893. The second kappa shape index (κ2) is 7.04. The molecule has 0 aliphatic carbocycles. The molecule has 0 radical (unpaired) electrons. The molecule has 0 spiro atoms. The van der Waals surface area contributed by atoms with Gasteiger partial charge in [-0.15, -0.1) is 0 Å². The molecule has 1 aliphatic heterocycles. The van der Waals surface area contributed by atoms with Crippen molar-refractivity contribution in [3.63, 3.8) is 0 Å². The lowest BCUT2D eigenvalue weighted by Gasteiger charge is -2.35. The predicted molar refractivity (Wildman–Crippen MR) is 75.3 cm³/mol. The molecule has 0 saturated carbocycles. The topological polar surface area (TPSA) is 59.0 Å². The van der Waals surface area contributed by atoms with Gasteiger partial charge in [0.25, 0.3) is 0 Å². The van der Waals surface area contributed by atoms with E-state index in [1.807, 2.05) is 0 Å². The first-order valence-corrected chi connectivity index (χ1v) is 6.82. The third-order valence-electron chi connectivity index (χ3n) is 3.42. The standard InChI is InChI=1S/C14H18ClNO4/c1-19-8-10-9-20-6-5-16(10)7-12-11(14(17)18)3-2-4-13(12)15/h2-4,10H,5-9H2,1H3,(H,17,18). The summed E-state index contributed by atoms with van der Waals surface area (Å²) in [5, 5.41) is 9.74. The molecule has 20 heavy (non-hydrogen) atoms. The molecule has 1 atom stereocenters. The molecule has 1 unspecified atom stereocenters. The van der Waals surface area contributed by atoms with Crippen LogP contribution in [-0.4, -0.2) is 55.5 Å². The molecule has 1 aromatic rings. The summed E-state index contributed by atoms with van der Waals surface area (Å²) in [6.45, 7) is 2.98. The highest BCUT2D eigenvalue weighted by Crippen LogP contribution is 2.23. The maximum Gasteiger partial charge on any atom is 0.336 e. The highest BCUT2D eigenvalue weighted by Gasteiger charge is 2.25. The molecule has 1 saturated heterocycles. The van der Waals surface area contributed by atoms with Crippen LogP contribution in [0.15, 0.2) is 18.2 Å². The van der Waals surface area contributed by atoms with E-state index in [4.69, 9.17) is 21.1 Å². The third-order valence-corrected chi connectivity index (χ3v) is 3.77. The van der Waals surface area contributed by atoms with Crippen LogP contribution in [0.1, 0.15) is 15.9 Å². The summed E-state index contributed by atoms with van der Waals surface area (Å²) in [7, 11) is 1.64. The summed E-state index contributed by atoms with van der Waals surface area (Å²) >= 11 is 6.16. The van der Waals surface area contributed by atoms with Crippen LogP contribution in [0.25, 0.3) is 0 Å². The largest absolute Gasteiger partial charge is 0.478 e. The quantitative estimate of drug-likeness (QED) is 0.899. The molecule has 1 heterocycles. The lowest BCUT2D eigenvalue weighted by Crippen LogP contribution is -2.47. The van der Waals surface area contributed by atoms with Gasteiger partial charge in [-0.05, 0) is 17.7 Å². The van der Waals surface area contributed by atoms with E-state index in [1.54, 1.807) is 25.3 Å². The van der Waals surface area contributed by atoms with Gasteiger partial charge in [0.2, 0.25) is 0 Å². The van der Waals surface area contributed by atoms with Crippen LogP contribution in [0.2, 0.25) is 5.02 Å². The van der Waals surface area contributed by atoms with Crippen molar-refractivity contribution in [1.82, 2.24) is 4.90 Å². The minimum absolute atomic E-state index is 0.117. The number of ether oxygens (including phenoxy) is 2. The Morgan fingerprint density at radius 2 is 2.40 bits per heavy atom. The monoisotopic (exact) mass is 299 g/mol. The van der Waals surface area contributed by atoms with Crippen molar-refractivity contribution in [2.45, 2.75) is 12.6 Å². The van der Waals surface area contributed by atoms with Crippen LogP contribution in [0.3, 0.4) is 0 Å². The summed E-state index contributed by atoms with van der Waals surface area (Å²) < 4.78 is 10.6. The Morgan fingerprint density at radius 1 is 1.60 bits per heavy atom. The Balaban J connectivity index is 2.21. The smallest absolute Gasteiger partial charge is 0.336 e. The van der Waals surface area contributed by atoms with Crippen molar-refractivity contribution in [3.05, 3.63) is 34.3 Å². The van der Waals surface area contributed by atoms with Crippen molar-refractivity contribution in [3.8, 4) is 0 Å². The minimum atomic E-state index is -0.959. The van der Waals surface area contributed by atoms with Gasteiger partial charge in [0.05, 0.1) is 31.4 Å². The molecule has 6 heteroatoms. The fourth-order valence-electron chi connectivity index (χ4n) is 2.37. The van der Waals surface area contributed by atoms with Crippen LogP contribution in [0.4, 0.5) is 0 Å². The van der Waals surface area contributed by atoms with E-state index < -0.39 is 5.97 Å². The number of hydrogen-bond acceptors (Lipinski definition) is 4. The van der Waals surface area contributed by atoms with E-state index in [0.29, 0.717) is 37.0 Å². The maximum absolute atomic E-state index is 11.3. The van der Waals surface area contributed by atoms with Gasteiger partial charge in [-0.1, -0.05) is 17.7 Å². The summed E-state index contributed by atoms with van der Waals surface area (Å²) in [6, 6.07) is 5.07. The molecule has 1 aromatic carbocycles. The molecule has 2 rings (SSSR count). The first-order valence-electron chi connectivity index (χ1n) is 6.45. The first-order chi connectivity index (χ1) is 9.63. The number of rotatable bonds is 5. The maximum atomic E-state index is 11.3. The number of carbonyl (C=O) groups is 1. The highest BCUT2D eigenvalue weighted by molar-refractivity contribution is 6.31. The number of halogens is 1. The Labute approximate surface area is 123 Å². The number of morpholine rings is 1. The average Bonchev–Trinajstić information content (AvgIpc) is 2.43. The van der Waals surface area contributed by atoms with Gasteiger partial charge in [0, 0.05) is 25.2 Å². The SMILES string of the molecule is COCC1COCCN1Cc1c(Cl)cccc1C(=O)O. The zero-order valence-electron chi connectivity index (χ0n) is 11.3. The Bertz CT molecular complexity index is 478. The van der Waals surface area contributed by atoms with Crippen molar-refractivity contribution in [1.29, 1.82) is 0 Å². The summed E-state index contributed by atoms with van der Waals surface area (Å²) in [4.78, 5) is 13.4. The van der Waals surface area contributed by atoms with Crippen LogP contribution in [0.5, 0.6) is 0 Å². The fraction of sp³-hybridized carbons (Fsp3) is 0.500. The van der Waals surface area contributed by atoms with E-state index in [2.05, 4.69) is 4.90 Å². The molecule has 0 aromatic heterocycles. The number of methoxy groups -OCH3 is 1. The van der Waals surface area contributed by atoms with Crippen LogP contribution >= 0.6 is 11.6 Å². The molecule has 0 amide bonds. The third kappa shape index (κ3) is 3.49. The molecular weight excluding hydrogens is 282 g/mol. The number of nitrogens with zero attached hydrogens (tertiary/aromatic N) is 1. The zero-order chi connectivity index (χ0) is 14.5. The Hall–Kier alpha value is -1.14. The van der Waals surface area contributed by atoms with Crippen LogP contribution in [0, 0.1) is 0 Å². The van der Waals surface area contributed by atoms with Crippen LogP contribution in [-0.2, 0) is 16.0 Å². The average molecular weight is 300 g/mol. The van der Waals surface area contributed by atoms with Crippen molar-refractivity contribution < 1.29 is 19.4 Å². The van der Waals surface area contributed by atoms with Gasteiger partial charge in [-0.3, -0.25) is 4.90 Å². The minimum Gasteiger partial charge on any atom is -0.478 e. The van der Waals surface area contributed by atoms with E-state index in [9.17, 15) is 9.90 Å². The Morgan fingerprint density at radius 3 is 3.10 bits per heavy atom. The number of carboxylic acids is 1. The summed E-state index contributed by atoms with van der Waals surface area (Å²) in [5.74, 6) is -0.959. The Kier molecular flexibility index (Phi) is 5.37. The number of benzene rings is 1. The van der Waals surface area contributed by atoms with Crippen LogP contribution < -0.4 is 0 Å². The van der Waals surface area contributed by atoms with E-state index in [1.165, 1.54) is 0 Å². The molecule has 1 aliphatic rings. The second-order valence-corrected chi connectivity index (χ2v) is 5.13. The normalized spacial score (nSPS) is 20.0. The van der Waals surface area contributed by atoms with Crippen molar-refractivity contribution in [2.75, 3.05) is 33.5 Å². The van der Waals surface area contributed by atoms with E-state index >= 15 is 0 Å².